The molecule has 8 heteroatoms. The summed E-state index contributed by atoms with van der Waals surface area (Å²) in [6, 6.07) is 4.42. The highest BCUT2D eigenvalue weighted by atomic mass is 32.2. The fraction of sp³-hybridized carbons (Fsp3) is 0.222. The Balaban J connectivity index is 2.89. The quantitative estimate of drug-likeness (QED) is 0.693. The highest BCUT2D eigenvalue weighted by molar-refractivity contribution is 7.93. The van der Waals surface area contributed by atoms with Gasteiger partial charge in [0.2, 0.25) is 10.0 Å². The minimum atomic E-state index is -3.89. The predicted octanol–water partition coefficient (Wildman–Crippen LogP) is 0.810. The molecule has 2 N–H and O–H groups in total. The number of hydrogen-bond acceptors (Lipinski definition) is 5. The monoisotopic (exact) mass is 277 g/mol. The second-order valence-corrected chi connectivity index (χ2v) is 5.35. The van der Waals surface area contributed by atoms with Gasteiger partial charge in [-0.1, -0.05) is 0 Å². The number of carboxylic acid groups (broad SMARTS) is 1. The van der Waals surface area contributed by atoms with Gasteiger partial charge in [-0.05, 0) is 18.2 Å². The lowest BCUT2D eigenvalue weighted by Crippen LogP contribution is -2.22. The Labute approximate surface area is 104 Å². The number of anilines is 1. The minimum Gasteiger partial charge on any atom is -0.496 e. The highest BCUT2D eigenvalue weighted by Gasteiger charge is 2.15. The van der Waals surface area contributed by atoms with E-state index < -0.39 is 21.7 Å². The van der Waals surface area contributed by atoms with Crippen molar-refractivity contribution in [1.82, 2.24) is 0 Å². The summed E-state index contributed by atoms with van der Waals surface area (Å²) in [4.78, 5) is 10.8. The van der Waals surface area contributed by atoms with Gasteiger partial charge >= 0.3 is 5.97 Å². The normalized spacial score (nSPS) is 10.9. The van der Waals surface area contributed by atoms with E-state index in [0.29, 0.717) is 10.6 Å². The number of aliphatic carboxylic acids is 1. The molecule has 1 aromatic carbocycles. The van der Waals surface area contributed by atoms with Gasteiger partial charge in [0.05, 0.1) is 7.11 Å². The molecule has 0 radical (unpaired) electrons. The molecule has 0 aliphatic rings. The predicted molar refractivity (Wildman–Crippen MR) is 65.3 cm³/mol. The zero-order valence-corrected chi connectivity index (χ0v) is 10.6. The number of carbonyl (C=O) groups is 1. The van der Waals surface area contributed by atoms with E-state index in [0.717, 1.165) is 0 Å². The third-order valence-corrected chi connectivity index (χ3v) is 3.29. The van der Waals surface area contributed by atoms with Crippen LogP contribution < -0.4 is 9.46 Å². The number of nitrogens with one attached hydrogen (secondary N) is 1. The molecule has 0 aliphatic carbocycles. The van der Waals surface area contributed by atoms with Gasteiger partial charge in [-0.25, -0.2) is 8.42 Å². The molecular weight excluding hydrogens is 266 g/mol. The van der Waals surface area contributed by atoms with E-state index in [1.54, 1.807) is 0 Å². The maximum atomic E-state index is 11.3. The Hall–Kier alpha value is -1.41. The summed E-state index contributed by atoms with van der Waals surface area (Å²) in [5.74, 6) is -1.91. The lowest BCUT2D eigenvalue weighted by atomic mass is 10.3. The fourth-order valence-corrected chi connectivity index (χ4v) is 2.32. The molecule has 0 fully saturated rings. The van der Waals surface area contributed by atoms with Gasteiger partial charge in [-0.3, -0.25) is 9.52 Å². The SMILES string of the molecule is COc1ccc(NS(=O)(=O)CC(=O)O)cc1S. The molecule has 0 amide bonds. The van der Waals surface area contributed by atoms with Crippen LogP contribution in [-0.2, 0) is 14.8 Å². The van der Waals surface area contributed by atoms with Crippen LogP contribution in [0.5, 0.6) is 5.75 Å². The van der Waals surface area contributed by atoms with E-state index >= 15 is 0 Å². The van der Waals surface area contributed by atoms with Crippen molar-refractivity contribution in [3.8, 4) is 5.75 Å². The average Bonchev–Trinajstić information content (AvgIpc) is 2.14. The number of carboxylic acids is 1. The van der Waals surface area contributed by atoms with Gasteiger partial charge in [0.25, 0.3) is 0 Å². The molecular formula is C9H11NO5S2. The first-order valence-electron chi connectivity index (χ1n) is 4.43. The first-order chi connectivity index (χ1) is 7.84. The number of rotatable bonds is 5. The Morgan fingerprint density at radius 2 is 2.18 bits per heavy atom. The van der Waals surface area contributed by atoms with Crippen LogP contribution in [0.3, 0.4) is 0 Å². The summed E-state index contributed by atoms with van der Waals surface area (Å²) in [6.45, 7) is 0. The van der Waals surface area contributed by atoms with Crippen molar-refractivity contribution < 1.29 is 23.1 Å². The molecule has 0 saturated carbocycles. The zero-order valence-electron chi connectivity index (χ0n) is 8.87. The van der Waals surface area contributed by atoms with Gasteiger partial charge in [-0.15, -0.1) is 12.6 Å². The van der Waals surface area contributed by atoms with E-state index in [1.165, 1.54) is 25.3 Å². The van der Waals surface area contributed by atoms with Crippen molar-refractivity contribution >= 4 is 34.3 Å². The van der Waals surface area contributed by atoms with E-state index in [9.17, 15) is 13.2 Å². The van der Waals surface area contributed by atoms with Crippen molar-refractivity contribution in [2.75, 3.05) is 17.6 Å². The van der Waals surface area contributed by atoms with Gasteiger partial charge < -0.3 is 9.84 Å². The first kappa shape index (κ1) is 13.7. The van der Waals surface area contributed by atoms with Crippen LogP contribution in [-0.4, -0.2) is 32.4 Å². The molecule has 0 bridgehead atoms. The van der Waals surface area contributed by atoms with Crippen LogP contribution in [0.25, 0.3) is 0 Å². The first-order valence-corrected chi connectivity index (χ1v) is 6.53. The van der Waals surface area contributed by atoms with Crippen LogP contribution in [0.1, 0.15) is 0 Å². The zero-order chi connectivity index (χ0) is 13.1. The molecule has 0 atom stereocenters. The van der Waals surface area contributed by atoms with Crippen LogP contribution in [0, 0.1) is 0 Å². The number of ether oxygens (including phenoxy) is 1. The van der Waals surface area contributed by atoms with Gasteiger partial charge in [0, 0.05) is 10.6 Å². The summed E-state index contributed by atoms with van der Waals surface area (Å²) >= 11 is 4.09. The fourth-order valence-electron chi connectivity index (χ4n) is 1.13. The summed E-state index contributed by atoms with van der Waals surface area (Å²) in [5, 5.41) is 8.41. The van der Waals surface area contributed by atoms with Gasteiger partial charge in [0.1, 0.15) is 5.75 Å². The van der Waals surface area contributed by atoms with Crippen LogP contribution in [0.15, 0.2) is 23.1 Å². The largest absolute Gasteiger partial charge is 0.496 e. The summed E-state index contributed by atoms with van der Waals surface area (Å²) in [7, 11) is -2.43. The number of thiol groups is 1. The number of sulfonamides is 1. The second-order valence-electron chi connectivity index (χ2n) is 3.14. The third kappa shape index (κ3) is 4.16. The summed E-state index contributed by atoms with van der Waals surface area (Å²) in [5.41, 5.74) is 0.233. The Morgan fingerprint density at radius 1 is 1.53 bits per heavy atom. The summed E-state index contributed by atoms with van der Waals surface area (Å²) in [6.07, 6.45) is 0. The molecule has 0 unspecified atom stereocenters. The highest BCUT2D eigenvalue weighted by Crippen LogP contribution is 2.26. The number of hydrogen-bond donors (Lipinski definition) is 3. The maximum Gasteiger partial charge on any atom is 0.320 e. The lowest BCUT2D eigenvalue weighted by Gasteiger charge is -2.08. The molecule has 0 saturated heterocycles. The molecule has 17 heavy (non-hydrogen) atoms. The Bertz CT molecular complexity index is 526. The molecule has 0 aliphatic heterocycles. The van der Waals surface area contributed by atoms with Crippen LogP contribution >= 0.6 is 12.6 Å². The number of benzene rings is 1. The van der Waals surface area contributed by atoms with E-state index in [-0.39, 0.29) is 5.69 Å². The second kappa shape index (κ2) is 5.28. The van der Waals surface area contributed by atoms with E-state index in [1.807, 2.05) is 0 Å². The molecule has 1 aromatic rings. The molecule has 0 spiro atoms. The molecule has 94 valence electrons. The van der Waals surface area contributed by atoms with Crippen molar-refractivity contribution in [1.29, 1.82) is 0 Å². The molecule has 6 nitrogen and oxygen atoms in total. The van der Waals surface area contributed by atoms with E-state index in [2.05, 4.69) is 17.4 Å². The van der Waals surface area contributed by atoms with Crippen molar-refractivity contribution in [3.05, 3.63) is 18.2 Å². The lowest BCUT2D eigenvalue weighted by molar-refractivity contribution is -0.134. The third-order valence-electron chi connectivity index (χ3n) is 1.77. The summed E-state index contributed by atoms with van der Waals surface area (Å²) < 4.78 is 29.7. The topological polar surface area (TPSA) is 92.7 Å². The van der Waals surface area contributed by atoms with Crippen LogP contribution in [0.2, 0.25) is 0 Å². The standard InChI is InChI=1S/C9H11NO5S2/c1-15-7-3-2-6(4-8(7)16)10-17(13,14)5-9(11)12/h2-4,10,16H,5H2,1H3,(H,11,12). The van der Waals surface area contributed by atoms with Crippen molar-refractivity contribution in [2.45, 2.75) is 4.90 Å². The van der Waals surface area contributed by atoms with Gasteiger partial charge in [-0.2, -0.15) is 0 Å². The minimum absolute atomic E-state index is 0.233. The maximum absolute atomic E-state index is 11.3. The molecule has 0 aromatic heterocycles. The molecule has 1 rings (SSSR count). The van der Waals surface area contributed by atoms with Crippen molar-refractivity contribution in [3.63, 3.8) is 0 Å². The Kier molecular flexibility index (Phi) is 4.24. The molecule has 0 heterocycles. The van der Waals surface area contributed by atoms with Crippen molar-refractivity contribution in [2.24, 2.45) is 0 Å². The van der Waals surface area contributed by atoms with Crippen LogP contribution in [0.4, 0.5) is 5.69 Å². The van der Waals surface area contributed by atoms with Gasteiger partial charge in [0.15, 0.2) is 5.75 Å². The smallest absolute Gasteiger partial charge is 0.320 e. The Morgan fingerprint density at radius 3 is 2.65 bits per heavy atom. The number of methoxy groups -OCH3 is 1. The van der Waals surface area contributed by atoms with E-state index in [4.69, 9.17) is 9.84 Å². The average molecular weight is 277 g/mol.